The highest BCUT2D eigenvalue weighted by Crippen LogP contribution is 1.99. The minimum Gasteiger partial charge on any atom is -0.438 e. The highest BCUT2D eigenvalue weighted by molar-refractivity contribution is 5.59. The lowest BCUT2D eigenvalue weighted by atomic mass is 10.1. The van der Waals surface area contributed by atoms with E-state index in [1.807, 2.05) is 0 Å². The summed E-state index contributed by atoms with van der Waals surface area (Å²) in [6, 6.07) is 0. The van der Waals surface area contributed by atoms with E-state index in [-0.39, 0.29) is 0 Å². The SMILES string of the molecule is COC(=O)OCCC(C)C. The van der Waals surface area contributed by atoms with Crippen LogP contribution in [-0.4, -0.2) is 19.9 Å². The molecule has 3 nitrogen and oxygen atoms in total. The summed E-state index contributed by atoms with van der Waals surface area (Å²) in [4.78, 5) is 10.3. The van der Waals surface area contributed by atoms with Crippen LogP contribution in [-0.2, 0) is 9.47 Å². The van der Waals surface area contributed by atoms with Crippen LogP contribution in [0.5, 0.6) is 0 Å². The van der Waals surface area contributed by atoms with Crippen molar-refractivity contribution in [1.29, 1.82) is 0 Å². The molecule has 0 saturated carbocycles. The molecule has 0 rings (SSSR count). The van der Waals surface area contributed by atoms with Crippen molar-refractivity contribution in [1.82, 2.24) is 0 Å². The fourth-order valence-corrected chi connectivity index (χ4v) is 0.437. The summed E-state index contributed by atoms with van der Waals surface area (Å²) < 4.78 is 8.91. The van der Waals surface area contributed by atoms with Crippen molar-refractivity contribution in [2.75, 3.05) is 13.7 Å². The molecule has 0 saturated heterocycles. The highest BCUT2D eigenvalue weighted by atomic mass is 16.7. The van der Waals surface area contributed by atoms with Gasteiger partial charge in [-0.05, 0) is 12.3 Å². The molecule has 10 heavy (non-hydrogen) atoms. The van der Waals surface area contributed by atoms with E-state index in [9.17, 15) is 4.79 Å². The van der Waals surface area contributed by atoms with Crippen LogP contribution >= 0.6 is 0 Å². The zero-order chi connectivity index (χ0) is 7.98. The third-order valence-corrected chi connectivity index (χ3v) is 1.08. The minimum absolute atomic E-state index is 0.449. The number of ether oxygens (including phenoxy) is 2. The molecule has 0 amide bonds. The van der Waals surface area contributed by atoms with Gasteiger partial charge in [0.25, 0.3) is 0 Å². The first kappa shape index (κ1) is 9.27. The quantitative estimate of drug-likeness (QED) is 0.569. The van der Waals surface area contributed by atoms with Crippen molar-refractivity contribution in [3.05, 3.63) is 0 Å². The molecule has 0 fully saturated rings. The number of rotatable bonds is 3. The van der Waals surface area contributed by atoms with Gasteiger partial charge in [-0.1, -0.05) is 13.8 Å². The summed E-state index contributed by atoms with van der Waals surface area (Å²) in [6.45, 7) is 4.59. The van der Waals surface area contributed by atoms with Crippen molar-refractivity contribution < 1.29 is 14.3 Å². The van der Waals surface area contributed by atoms with Crippen molar-refractivity contribution >= 4 is 6.16 Å². The molecule has 0 aliphatic heterocycles. The Morgan fingerprint density at radius 1 is 1.50 bits per heavy atom. The molecule has 0 unspecified atom stereocenters. The topological polar surface area (TPSA) is 35.5 Å². The largest absolute Gasteiger partial charge is 0.507 e. The molecule has 0 aliphatic carbocycles. The molecule has 0 atom stereocenters. The number of methoxy groups -OCH3 is 1. The van der Waals surface area contributed by atoms with E-state index < -0.39 is 6.16 Å². The fraction of sp³-hybridized carbons (Fsp3) is 0.857. The third-order valence-electron chi connectivity index (χ3n) is 1.08. The Kier molecular flexibility index (Phi) is 4.72. The van der Waals surface area contributed by atoms with E-state index in [0.717, 1.165) is 6.42 Å². The van der Waals surface area contributed by atoms with Crippen LogP contribution < -0.4 is 0 Å². The average Bonchev–Trinajstić information content (AvgIpc) is 1.87. The second-order valence-electron chi connectivity index (χ2n) is 2.49. The summed E-state index contributed by atoms with van der Waals surface area (Å²) in [5.74, 6) is 0.560. The maximum Gasteiger partial charge on any atom is 0.507 e. The predicted molar refractivity (Wildman–Crippen MR) is 37.8 cm³/mol. The van der Waals surface area contributed by atoms with Crippen LogP contribution in [0.1, 0.15) is 20.3 Å². The monoisotopic (exact) mass is 146 g/mol. The van der Waals surface area contributed by atoms with E-state index >= 15 is 0 Å². The van der Waals surface area contributed by atoms with Gasteiger partial charge >= 0.3 is 6.16 Å². The van der Waals surface area contributed by atoms with Gasteiger partial charge in [0, 0.05) is 0 Å². The van der Waals surface area contributed by atoms with Crippen LogP contribution in [0.25, 0.3) is 0 Å². The minimum atomic E-state index is -0.597. The molecule has 0 radical (unpaired) electrons. The second-order valence-corrected chi connectivity index (χ2v) is 2.49. The maximum atomic E-state index is 10.3. The zero-order valence-electron chi connectivity index (χ0n) is 6.72. The first-order valence-electron chi connectivity index (χ1n) is 3.37. The maximum absolute atomic E-state index is 10.3. The number of carbonyl (C=O) groups excluding carboxylic acids is 1. The lowest BCUT2D eigenvalue weighted by Gasteiger charge is -2.04. The number of hydrogen-bond donors (Lipinski definition) is 0. The fourth-order valence-electron chi connectivity index (χ4n) is 0.437. The van der Waals surface area contributed by atoms with Gasteiger partial charge in [-0.2, -0.15) is 0 Å². The van der Waals surface area contributed by atoms with Gasteiger partial charge < -0.3 is 9.47 Å². The molecule has 0 heterocycles. The lowest BCUT2D eigenvalue weighted by molar-refractivity contribution is 0.0693. The van der Waals surface area contributed by atoms with Gasteiger partial charge in [0.05, 0.1) is 13.7 Å². The summed E-state index contributed by atoms with van der Waals surface area (Å²) in [6.07, 6.45) is 0.287. The average molecular weight is 146 g/mol. The van der Waals surface area contributed by atoms with Crippen LogP contribution in [0, 0.1) is 5.92 Å². The Balaban J connectivity index is 3.12. The normalized spacial score (nSPS) is 9.60. The standard InChI is InChI=1S/C7H14O3/c1-6(2)4-5-10-7(8)9-3/h6H,4-5H2,1-3H3. The summed E-state index contributed by atoms with van der Waals surface area (Å²) in [5, 5.41) is 0. The van der Waals surface area contributed by atoms with Crippen LogP contribution in [0.15, 0.2) is 0 Å². The first-order chi connectivity index (χ1) is 4.66. The molecule has 3 heteroatoms. The number of carbonyl (C=O) groups is 1. The summed E-state index contributed by atoms with van der Waals surface area (Å²) in [7, 11) is 1.30. The van der Waals surface area contributed by atoms with Gasteiger partial charge in [-0.3, -0.25) is 0 Å². The lowest BCUT2D eigenvalue weighted by Crippen LogP contribution is -2.06. The Morgan fingerprint density at radius 3 is 2.50 bits per heavy atom. The molecule has 0 aromatic rings. The molecular formula is C7H14O3. The van der Waals surface area contributed by atoms with E-state index in [1.54, 1.807) is 0 Å². The summed E-state index contributed by atoms with van der Waals surface area (Å²) in [5.41, 5.74) is 0. The smallest absolute Gasteiger partial charge is 0.438 e. The van der Waals surface area contributed by atoms with Gasteiger partial charge in [-0.15, -0.1) is 0 Å². The van der Waals surface area contributed by atoms with Gasteiger partial charge in [0.15, 0.2) is 0 Å². The van der Waals surface area contributed by atoms with Crippen LogP contribution in [0.2, 0.25) is 0 Å². The number of hydrogen-bond acceptors (Lipinski definition) is 3. The van der Waals surface area contributed by atoms with Crippen molar-refractivity contribution in [3.8, 4) is 0 Å². The predicted octanol–water partition coefficient (Wildman–Crippen LogP) is 1.82. The molecular weight excluding hydrogens is 132 g/mol. The molecule has 0 bridgehead atoms. The Hall–Kier alpha value is -0.730. The Bertz CT molecular complexity index is 99.0. The molecule has 60 valence electrons. The van der Waals surface area contributed by atoms with E-state index in [4.69, 9.17) is 0 Å². The van der Waals surface area contributed by atoms with Crippen molar-refractivity contribution in [3.63, 3.8) is 0 Å². The zero-order valence-corrected chi connectivity index (χ0v) is 6.72. The Morgan fingerprint density at radius 2 is 2.10 bits per heavy atom. The van der Waals surface area contributed by atoms with E-state index in [0.29, 0.717) is 12.5 Å². The van der Waals surface area contributed by atoms with Crippen LogP contribution in [0.3, 0.4) is 0 Å². The van der Waals surface area contributed by atoms with Crippen LogP contribution in [0.4, 0.5) is 4.79 Å². The third kappa shape index (κ3) is 5.41. The van der Waals surface area contributed by atoms with Gasteiger partial charge in [-0.25, -0.2) is 4.79 Å². The van der Waals surface area contributed by atoms with E-state index in [1.165, 1.54) is 7.11 Å². The molecule has 0 spiro atoms. The first-order valence-corrected chi connectivity index (χ1v) is 3.37. The van der Waals surface area contributed by atoms with Crippen molar-refractivity contribution in [2.24, 2.45) is 5.92 Å². The molecule has 0 N–H and O–H groups in total. The highest BCUT2D eigenvalue weighted by Gasteiger charge is 2.00. The van der Waals surface area contributed by atoms with Crippen molar-refractivity contribution in [2.45, 2.75) is 20.3 Å². The van der Waals surface area contributed by atoms with E-state index in [2.05, 4.69) is 23.3 Å². The molecule has 0 aromatic carbocycles. The molecule has 0 aromatic heterocycles. The second kappa shape index (κ2) is 5.09. The van der Waals surface area contributed by atoms with Gasteiger partial charge in [0.2, 0.25) is 0 Å². The molecule has 0 aliphatic rings. The summed E-state index contributed by atoms with van der Waals surface area (Å²) >= 11 is 0. The van der Waals surface area contributed by atoms with Gasteiger partial charge in [0.1, 0.15) is 0 Å². The Labute approximate surface area is 61.3 Å².